The van der Waals surface area contributed by atoms with Crippen LogP contribution in [0.1, 0.15) is 40.5 Å². The van der Waals surface area contributed by atoms with Gasteiger partial charge >= 0.3 is 0 Å². The number of carbonyl (C=O) groups excluding carboxylic acids is 1. The third kappa shape index (κ3) is 6.80. The Hall–Kier alpha value is -0.610. The molecule has 0 aliphatic heterocycles. The lowest BCUT2D eigenvalue weighted by molar-refractivity contribution is -0.133. The quantitative estimate of drug-likeness (QED) is 0.719. The molecule has 0 aliphatic carbocycles. The van der Waals surface area contributed by atoms with Gasteiger partial charge < -0.3 is 15.4 Å². The molecule has 96 valence electrons. The van der Waals surface area contributed by atoms with Crippen LogP contribution >= 0.6 is 0 Å². The molecule has 4 heteroatoms. The van der Waals surface area contributed by atoms with E-state index in [1.165, 1.54) is 0 Å². The van der Waals surface area contributed by atoms with Crippen molar-refractivity contribution in [1.29, 1.82) is 0 Å². The van der Waals surface area contributed by atoms with E-state index in [9.17, 15) is 4.79 Å². The molecule has 0 radical (unpaired) electrons. The standard InChI is InChI=1S/C12H26N2O2/c1-10(2)14(8-9-16-5)11(15)6-7-12(3,4)13/h10H,6-9,13H2,1-5H3. The monoisotopic (exact) mass is 230 g/mol. The number of methoxy groups -OCH3 is 1. The highest BCUT2D eigenvalue weighted by atomic mass is 16.5. The Morgan fingerprint density at radius 1 is 1.44 bits per heavy atom. The Balaban J connectivity index is 4.17. The Bertz CT molecular complexity index is 210. The van der Waals surface area contributed by atoms with Gasteiger partial charge in [0.1, 0.15) is 0 Å². The van der Waals surface area contributed by atoms with Crippen LogP contribution in [0.3, 0.4) is 0 Å². The molecule has 0 aromatic carbocycles. The van der Waals surface area contributed by atoms with E-state index < -0.39 is 0 Å². The maximum atomic E-state index is 12.0. The molecule has 1 amide bonds. The summed E-state index contributed by atoms with van der Waals surface area (Å²) in [5, 5.41) is 0. The predicted molar refractivity (Wildman–Crippen MR) is 66.2 cm³/mol. The highest BCUT2D eigenvalue weighted by Crippen LogP contribution is 2.10. The maximum Gasteiger partial charge on any atom is 0.222 e. The number of nitrogens with two attached hydrogens (primary N) is 1. The molecule has 0 aromatic rings. The first-order valence-corrected chi connectivity index (χ1v) is 5.85. The zero-order valence-electron chi connectivity index (χ0n) is 11.2. The van der Waals surface area contributed by atoms with E-state index in [1.54, 1.807) is 7.11 Å². The van der Waals surface area contributed by atoms with Crippen molar-refractivity contribution in [2.45, 2.75) is 52.1 Å². The van der Waals surface area contributed by atoms with Crippen LogP contribution in [-0.4, -0.2) is 42.6 Å². The first kappa shape index (κ1) is 15.4. The summed E-state index contributed by atoms with van der Waals surface area (Å²) in [4.78, 5) is 13.8. The number of ether oxygens (including phenoxy) is 1. The van der Waals surface area contributed by atoms with Crippen LogP contribution in [-0.2, 0) is 9.53 Å². The van der Waals surface area contributed by atoms with Crippen LogP contribution in [0, 0.1) is 0 Å². The smallest absolute Gasteiger partial charge is 0.222 e. The van der Waals surface area contributed by atoms with Gasteiger partial charge in [-0.3, -0.25) is 4.79 Å². The first-order valence-electron chi connectivity index (χ1n) is 5.85. The van der Waals surface area contributed by atoms with Crippen LogP contribution in [0.2, 0.25) is 0 Å². The highest BCUT2D eigenvalue weighted by molar-refractivity contribution is 5.76. The molecular weight excluding hydrogens is 204 g/mol. The molecule has 0 unspecified atom stereocenters. The summed E-state index contributed by atoms with van der Waals surface area (Å²) < 4.78 is 5.00. The first-order chi connectivity index (χ1) is 7.28. The summed E-state index contributed by atoms with van der Waals surface area (Å²) in [7, 11) is 1.64. The van der Waals surface area contributed by atoms with E-state index >= 15 is 0 Å². The SMILES string of the molecule is COCCN(C(=O)CCC(C)(C)N)C(C)C. The van der Waals surface area contributed by atoms with E-state index in [4.69, 9.17) is 10.5 Å². The Labute approximate surface area is 99.1 Å². The molecule has 0 bridgehead atoms. The number of rotatable bonds is 7. The molecule has 0 spiro atoms. The molecule has 4 nitrogen and oxygen atoms in total. The fraction of sp³-hybridized carbons (Fsp3) is 0.917. The molecule has 0 rings (SSSR count). The molecule has 0 aliphatic rings. The maximum absolute atomic E-state index is 12.0. The summed E-state index contributed by atoms with van der Waals surface area (Å²) in [5.41, 5.74) is 5.59. The molecule has 2 N–H and O–H groups in total. The Kier molecular flexibility index (Phi) is 6.60. The van der Waals surface area contributed by atoms with Gasteiger partial charge in [-0.2, -0.15) is 0 Å². The second kappa shape index (κ2) is 6.86. The summed E-state index contributed by atoms with van der Waals surface area (Å²) in [6.07, 6.45) is 1.22. The third-order valence-corrected chi connectivity index (χ3v) is 2.46. The van der Waals surface area contributed by atoms with Crippen molar-refractivity contribution >= 4 is 5.91 Å². The minimum absolute atomic E-state index is 0.158. The van der Waals surface area contributed by atoms with Crippen LogP contribution < -0.4 is 5.73 Å². The molecule has 0 saturated heterocycles. The molecule has 0 atom stereocenters. The lowest BCUT2D eigenvalue weighted by atomic mass is 9.99. The van der Waals surface area contributed by atoms with E-state index in [0.717, 1.165) is 0 Å². The normalized spacial score (nSPS) is 11.9. The van der Waals surface area contributed by atoms with Gasteiger partial charge in [0.2, 0.25) is 5.91 Å². The number of carbonyl (C=O) groups is 1. The molecule has 16 heavy (non-hydrogen) atoms. The van der Waals surface area contributed by atoms with Crippen molar-refractivity contribution in [2.75, 3.05) is 20.3 Å². The second-order valence-corrected chi connectivity index (χ2v) is 5.16. The molecular formula is C12H26N2O2. The highest BCUT2D eigenvalue weighted by Gasteiger charge is 2.19. The van der Waals surface area contributed by atoms with E-state index in [1.807, 2.05) is 32.6 Å². The van der Waals surface area contributed by atoms with Gasteiger partial charge in [-0.25, -0.2) is 0 Å². The van der Waals surface area contributed by atoms with Crippen LogP contribution in [0.25, 0.3) is 0 Å². The Morgan fingerprint density at radius 3 is 2.38 bits per heavy atom. The number of hydrogen-bond acceptors (Lipinski definition) is 3. The predicted octanol–water partition coefficient (Wildman–Crippen LogP) is 1.39. The zero-order chi connectivity index (χ0) is 12.8. The average Bonchev–Trinajstić information content (AvgIpc) is 2.13. The van der Waals surface area contributed by atoms with Gasteiger partial charge in [0.15, 0.2) is 0 Å². The largest absolute Gasteiger partial charge is 0.383 e. The van der Waals surface area contributed by atoms with Crippen molar-refractivity contribution in [3.63, 3.8) is 0 Å². The molecule has 0 heterocycles. The van der Waals surface area contributed by atoms with E-state index in [0.29, 0.717) is 26.0 Å². The van der Waals surface area contributed by atoms with Crippen molar-refractivity contribution in [2.24, 2.45) is 5.73 Å². The van der Waals surface area contributed by atoms with Crippen molar-refractivity contribution in [1.82, 2.24) is 4.90 Å². The van der Waals surface area contributed by atoms with Crippen molar-refractivity contribution in [3.8, 4) is 0 Å². The number of hydrogen-bond donors (Lipinski definition) is 1. The van der Waals surface area contributed by atoms with E-state index in [-0.39, 0.29) is 17.5 Å². The number of amides is 1. The van der Waals surface area contributed by atoms with Crippen LogP contribution in [0.4, 0.5) is 0 Å². The molecule has 0 fully saturated rings. The van der Waals surface area contributed by atoms with Gasteiger partial charge in [-0.1, -0.05) is 0 Å². The fourth-order valence-electron chi connectivity index (χ4n) is 1.43. The summed E-state index contributed by atoms with van der Waals surface area (Å²) in [5.74, 6) is 0.158. The van der Waals surface area contributed by atoms with Crippen molar-refractivity contribution < 1.29 is 9.53 Å². The minimum Gasteiger partial charge on any atom is -0.383 e. The van der Waals surface area contributed by atoms with Crippen LogP contribution in [0.15, 0.2) is 0 Å². The second-order valence-electron chi connectivity index (χ2n) is 5.16. The van der Waals surface area contributed by atoms with Gasteiger partial charge in [-0.15, -0.1) is 0 Å². The molecule has 0 saturated carbocycles. The third-order valence-electron chi connectivity index (χ3n) is 2.46. The summed E-state index contributed by atoms with van der Waals surface area (Å²) >= 11 is 0. The van der Waals surface area contributed by atoms with E-state index in [2.05, 4.69) is 0 Å². The molecule has 0 aromatic heterocycles. The van der Waals surface area contributed by atoms with Crippen molar-refractivity contribution in [3.05, 3.63) is 0 Å². The fourth-order valence-corrected chi connectivity index (χ4v) is 1.43. The lowest BCUT2D eigenvalue weighted by Gasteiger charge is -2.28. The van der Waals surface area contributed by atoms with Gasteiger partial charge in [0.05, 0.1) is 6.61 Å². The lowest BCUT2D eigenvalue weighted by Crippen LogP contribution is -2.41. The Morgan fingerprint density at radius 2 is 2.00 bits per heavy atom. The average molecular weight is 230 g/mol. The topological polar surface area (TPSA) is 55.6 Å². The number of nitrogens with zero attached hydrogens (tertiary/aromatic N) is 1. The van der Waals surface area contributed by atoms with Gasteiger partial charge in [0, 0.05) is 31.7 Å². The summed E-state index contributed by atoms with van der Waals surface area (Å²) in [6.45, 7) is 9.14. The van der Waals surface area contributed by atoms with Gasteiger partial charge in [0.25, 0.3) is 0 Å². The minimum atomic E-state index is -0.278. The van der Waals surface area contributed by atoms with Crippen LogP contribution in [0.5, 0.6) is 0 Å². The van der Waals surface area contributed by atoms with Gasteiger partial charge in [-0.05, 0) is 34.1 Å². The summed E-state index contributed by atoms with van der Waals surface area (Å²) in [6, 6.07) is 0.212. The zero-order valence-corrected chi connectivity index (χ0v) is 11.2.